The molecule has 27 heavy (non-hydrogen) atoms. The van der Waals surface area contributed by atoms with Crippen molar-refractivity contribution in [2.24, 2.45) is 11.8 Å². The van der Waals surface area contributed by atoms with Crippen LogP contribution in [-0.4, -0.2) is 23.9 Å². The minimum atomic E-state index is -0.0575. The minimum absolute atomic E-state index is 0.0575. The monoisotopic (exact) mass is 419 g/mol. The Bertz CT molecular complexity index is 906. The van der Waals surface area contributed by atoms with E-state index in [4.69, 9.17) is 34.8 Å². The first-order valence-electron chi connectivity index (χ1n) is 9.19. The maximum atomic E-state index is 12.8. The molecule has 140 valence electrons. The number of rotatable bonds is 3. The highest BCUT2D eigenvalue weighted by molar-refractivity contribution is 6.35. The van der Waals surface area contributed by atoms with Gasteiger partial charge >= 0.3 is 0 Å². The number of fused-ring (bicyclic) bond motifs is 1. The summed E-state index contributed by atoms with van der Waals surface area (Å²) in [7, 11) is 0. The second kappa shape index (κ2) is 7.50. The third-order valence-electron chi connectivity index (χ3n) is 5.73. The van der Waals surface area contributed by atoms with Gasteiger partial charge in [-0.25, -0.2) is 0 Å². The molecule has 1 saturated heterocycles. The minimum Gasteiger partial charge on any atom is -0.342 e. The van der Waals surface area contributed by atoms with Crippen molar-refractivity contribution in [3.8, 4) is 0 Å². The first-order valence-corrected chi connectivity index (χ1v) is 10.3. The summed E-state index contributed by atoms with van der Waals surface area (Å²) in [6.07, 6.45) is 3.05. The lowest BCUT2D eigenvalue weighted by Crippen LogP contribution is -2.26. The van der Waals surface area contributed by atoms with E-state index in [0.29, 0.717) is 21.0 Å². The zero-order chi connectivity index (χ0) is 19.1. The van der Waals surface area contributed by atoms with Crippen molar-refractivity contribution in [2.75, 3.05) is 13.1 Å². The molecule has 1 unspecified atom stereocenters. The normalized spacial score (nSPS) is 24.7. The molecule has 1 fully saturated rings. The van der Waals surface area contributed by atoms with Gasteiger partial charge in [0.25, 0.3) is 0 Å². The van der Waals surface area contributed by atoms with Crippen LogP contribution in [0.1, 0.15) is 30.4 Å². The zero-order valence-electron chi connectivity index (χ0n) is 15.0. The third-order valence-corrected chi connectivity index (χ3v) is 6.54. The van der Waals surface area contributed by atoms with Crippen molar-refractivity contribution in [1.82, 2.24) is 4.90 Å². The van der Waals surface area contributed by atoms with Crippen molar-refractivity contribution in [1.29, 1.82) is 0 Å². The number of benzene rings is 2. The number of carbonyl (C=O) groups is 1. The molecule has 1 heterocycles. The second-order valence-corrected chi connectivity index (χ2v) is 8.53. The number of halogens is 3. The van der Waals surface area contributed by atoms with Crippen LogP contribution >= 0.6 is 34.8 Å². The van der Waals surface area contributed by atoms with E-state index in [0.717, 1.165) is 36.2 Å². The average molecular weight is 421 g/mol. The number of nitrogens with zero attached hydrogens (tertiary/aromatic N) is 1. The van der Waals surface area contributed by atoms with Crippen LogP contribution in [0.25, 0.3) is 5.57 Å². The van der Waals surface area contributed by atoms with Gasteiger partial charge < -0.3 is 4.90 Å². The van der Waals surface area contributed by atoms with E-state index in [1.807, 2.05) is 48.2 Å². The van der Waals surface area contributed by atoms with E-state index < -0.39 is 0 Å². The van der Waals surface area contributed by atoms with Crippen LogP contribution in [0.3, 0.4) is 0 Å². The summed E-state index contributed by atoms with van der Waals surface area (Å²) in [5.74, 6) is 0.611. The fourth-order valence-electron chi connectivity index (χ4n) is 4.37. The molecule has 2 nitrogen and oxygen atoms in total. The van der Waals surface area contributed by atoms with E-state index in [2.05, 4.69) is 6.08 Å². The number of amides is 1. The van der Waals surface area contributed by atoms with Crippen LogP contribution in [0.15, 0.2) is 48.5 Å². The van der Waals surface area contributed by atoms with Gasteiger partial charge in [-0.1, -0.05) is 59.1 Å². The Kier molecular flexibility index (Phi) is 5.24. The summed E-state index contributed by atoms with van der Waals surface area (Å²) in [6, 6.07) is 13.5. The van der Waals surface area contributed by atoms with Crippen molar-refractivity contribution in [2.45, 2.75) is 19.3 Å². The standard InChI is InChI=1S/C22H20Cl3NO/c1-2-26-12-14-9-20(17-8-7-16(24)10-21(17)25)18(11-19(14)22(26)27)13-3-5-15(23)6-4-13/h3-8,10-11,14,19-20H,2,9,12H2,1H3/t14-,19?,20+/m0/s1. The molecule has 0 saturated carbocycles. The molecule has 1 aliphatic heterocycles. The van der Waals surface area contributed by atoms with Crippen LogP contribution in [0.5, 0.6) is 0 Å². The number of hydrogen-bond donors (Lipinski definition) is 0. The van der Waals surface area contributed by atoms with Crippen molar-refractivity contribution < 1.29 is 4.79 Å². The molecular weight excluding hydrogens is 401 g/mol. The highest BCUT2D eigenvalue weighted by atomic mass is 35.5. The second-order valence-electron chi connectivity index (χ2n) is 7.25. The van der Waals surface area contributed by atoms with E-state index in [9.17, 15) is 4.79 Å². The molecule has 2 aromatic rings. The van der Waals surface area contributed by atoms with E-state index in [-0.39, 0.29) is 17.7 Å². The Morgan fingerprint density at radius 2 is 1.74 bits per heavy atom. The third kappa shape index (κ3) is 3.51. The first kappa shape index (κ1) is 18.9. The number of hydrogen-bond acceptors (Lipinski definition) is 1. The number of likely N-dealkylation sites (tertiary alicyclic amines) is 1. The van der Waals surface area contributed by atoms with Gasteiger partial charge in [0.1, 0.15) is 0 Å². The molecule has 0 N–H and O–H groups in total. The van der Waals surface area contributed by atoms with Crippen LogP contribution in [0.2, 0.25) is 15.1 Å². The van der Waals surface area contributed by atoms with Gasteiger partial charge in [-0.15, -0.1) is 0 Å². The lowest BCUT2D eigenvalue weighted by Gasteiger charge is -2.31. The van der Waals surface area contributed by atoms with Gasteiger partial charge in [0.2, 0.25) is 5.91 Å². The molecule has 3 atom stereocenters. The van der Waals surface area contributed by atoms with Crippen LogP contribution < -0.4 is 0 Å². The van der Waals surface area contributed by atoms with Gasteiger partial charge in [-0.2, -0.15) is 0 Å². The largest absolute Gasteiger partial charge is 0.342 e. The van der Waals surface area contributed by atoms with Crippen LogP contribution in [0.4, 0.5) is 0 Å². The van der Waals surface area contributed by atoms with Crippen molar-refractivity contribution in [3.63, 3.8) is 0 Å². The Morgan fingerprint density at radius 1 is 1.04 bits per heavy atom. The van der Waals surface area contributed by atoms with Crippen molar-refractivity contribution >= 4 is 46.3 Å². The topological polar surface area (TPSA) is 20.3 Å². The fourth-order valence-corrected chi connectivity index (χ4v) is 5.04. The SMILES string of the molecule is CCN1C[C@@H]2C[C@H](c3ccc(Cl)cc3Cl)C(c3ccc(Cl)cc3)=CC2C1=O. The van der Waals surface area contributed by atoms with Gasteiger partial charge in [0.05, 0.1) is 5.92 Å². The molecule has 2 aliphatic rings. The molecule has 0 bridgehead atoms. The van der Waals surface area contributed by atoms with Crippen LogP contribution in [0, 0.1) is 11.8 Å². The van der Waals surface area contributed by atoms with Gasteiger partial charge in [0, 0.05) is 34.1 Å². The highest BCUT2D eigenvalue weighted by Crippen LogP contribution is 2.48. The summed E-state index contributed by atoms with van der Waals surface area (Å²) in [5.41, 5.74) is 3.28. The first-order chi connectivity index (χ1) is 13.0. The molecule has 5 heteroatoms. The predicted octanol–water partition coefficient (Wildman–Crippen LogP) is 6.31. The Balaban J connectivity index is 1.81. The van der Waals surface area contributed by atoms with Crippen LogP contribution in [-0.2, 0) is 4.79 Å². The lowest BCUT2D eigenvalue weighted by atomic mass is 9.71. The van der Waals surface area contributed by atoms with Gasteiger partial charge in [-0.05, 0) is 60.2 Å². The Hall–Kier alpha value is -1.48. The van der Waals surface area contributed by atoms with Crippen molar-refractivity contribution in [3.05, 3.63) is 74.7 Å². The zero-order valence-corrected chi connectivity index (χ0v) is 17.2. The molecule has 1 aliphatic carbocycles. The summed E-state index contributed by atoms with van der Waals surface area (Å²) in [6.45, 7) is 3.60. The molecule has 4 rings (SSSR count). The number of allylic oxidation sites excluding steroid dienone is 1. The highest BCUT2D eigenvalue weighted by Gasteiger charge is 2.43. The van der Waals surface area contributed by atoms with E-state index in [1.165, 1.54) is 0 Å². The average Bonchev–Trinajstić information content (AvgIpc) is 2.97. The summed E-state index contributed by atoms with van der Waals surface area (Å²) < 4.78 is 0. The molecule has 0 aromatic heterocycles. The lowest BCUT2D eigenvalue weighted by molar-refractivity contribution is -0.129. The maximum absolute atomic E-state index is 12.8. The quantitative estimate of drug-likeness (QED) is 0.569. The summed E-state index contributed by atoms with van der Waals surface area (Å²) >= 11 is 18.7. The molecule has 0 radical (unpaired) electrons. The molecule has 1 amide bonds. The smallest absolute Gasteiger partial charge is 0.229 e. The number of carbonyl (C=O) groups excluding carboxylic acids is 1. The van der Waals surface area contributed by atoms with Gasteiger partial charge in [0.15, 0.2) is 0 Å². The Morgan fingerprint density at radius 3 is 2.41 bits per heavy atom. The Labute approximate surface area is 174 Å². The van der Waals surface area contributed by atoms with E-state index in [1.54, 1.807) is 6.07 Å². The maximum Gasteiger partial charge on any atom is 0.229 e. The fraction of sp³-hybridized carbons (Fsp3) is 0.318. The molecular formula is C22H20Cl3NO. The summed E-state index contributed by atoms with van der Waals surface area (Å²) in [5, 5.41) is 1.99. The summed E-state index contributed by atoms with van der Waals surface area (Å²) in [4.78, 5) is 14.7. The molecule has 0 spiro atoms. The van der Waals surface area contributed by atoms with E-state index >= 15 is 0 Å². The predicted molar refractivity (Wildman–Crippen MR) is 112 cm³/mol. The van der Waals surface area contributed by atoms with Gasteiger partial charge in [-0.3, -0.25) is 4.79 Å². The molecule has 2 aromatic carbocycles.